The van der Waals surface area contributed by atoms with Crippen molar-refractivity contribution in [2.45, 2.75) is 6.42 Å². The summed E-state index contributed by atoms with van der Waals surface area (Å²) in [6.45, 7) is 0. The highest BCUT2D eigenvalue weighted by Crippen LogP contribution is 2.35. The average molecular weight is 388 g/mol. The molecule has 0 bridgehead atoms. The van der Waals surface area contributed by atoms with Gasteiger partial charge in [-0.3, -0.25) is 0 Å². The largest absolute Gasteiger partial charge is 0.497 e. The van der Waals surface area contributed by atoms with Gasteiger partial charge in [-0.15, -0.1) is 10.2 Å². The molecule has 0 aliphatic carbocycles. The van der Waals surface area contributed by atoms with E-state index in [0.717, 1.165) is 11.6 Å². The summed E-state index contributed by atoms with van der Waals surface area (Å²) in [5.74, 6) is 0.519. The molecule has 0 N–H and O–H groups in total. The fourth-order valence-electron chi connectivity index (χ4n) is 2.75. The summed E-state index contributed by atoms with van der Waals surface area (Å²) in [5.41, 5.74) is 1.25. The molecule has 9 heteroatoms. The maximum Gasteiger partial charge on any atom is 0.234 e. The van der Waals surface area contributed by atoms with Crippen LogP contribution in [0.5, 0.6) is 11.5 Å². The number of ether oxygens (including phenoxy) is 2. The summed E-state index contributed by atoms with van der Waals surface area (Å²) in [5, 5.41) is 13.4. The Bertz CT molecular complexity index is 1110. The molecular weight excluding hydrogens is 374 g/mol. The summed E-state index contributed by atoms with van der Waals surface area (Å²) in [6.07, 6.45) is 0.207. The molecule has 0 saturated carbocycles. The Kier molecular flexibility index (Phi) is 4.44. The van der Waals surface area contributed by atoms with E-state index in [1.165, 1.54) is 23.5 Å². The molecule has 27 heavy (non-hydrogen) atoms. The Balaban J connectivity index is 1.72. The van der Waals surface area contributed by atoms with Crippen LogP contribution < -0.4 is 9.47 Å². The molecule has 0 saturated heterocycles. The lowest BCUT2D eigenvalue weighted by atomic mass is 10.1. The second kappa shape index (κ2) is 6.92. The van der Waals surface area contributed by atoms with Gasteiger partial charge >= 0.3 is 0 Å². The van der Waals surface area contributed by atoms with Crippen LogP contribution in [0, 0.1) is 11.6 Å². The van der Waals surface area contributed by atoms with Crippen molar-refractivity contribution >= 4 is 16.3 Å². The van der Waals surface area contributed by atoms with Crippen LogP contribution in [0.1, 0.15) is 11.4 Å². The second-order valence-corrected chi connectivity index (χ2v) is 6.69. The van der Waals surface area contributed by atoms with Gasteiger partial charge in [-0.05, 0) is 29.8 Å². The summed E-state index contributed by atoms with van der Waals surface area (Å²) in [6, 6.07) is 8.81. The molecule has 0 spiro atoms. The number of methoxy groups -OCH3 is 2. The van der Waals surface area contributed by atoms with Crippen LogP contribution in [0.2, 0.25) is 0 Å². The van der Waals surface area contributed by atoms with Crippen molar-refractivity contribution in [1.82, 2.24) is 19.8 Å². The average Bonchev–Trinajstić information content (AvgIpc) is 3.22. The highest BCUT2D eigenvalue weighted by Gasteiger charge is 2.17. The van der Waals surface area contributed by atoms with Gasteiger partial charge < -0.3 is 9.47 Å². The summed E-state index contributed by atoms with van der Waals surface area (Å²) in [4.78, 5) is 0.578. The van der Waals surface area contributed by atoms with Crippen LogP contribution in [0.25, 0.3) is 15.5 Å². The van der Waals surface area contributed by atoms with Crippen molar-refractivity contribution in [1.29, 1.82) is 0 Å². The first-order valence-electron chi connectivity index (χ1n) is 7.96. The number of halogens is 2. The molecule has 0 aliphatic rings. The first-order chi connectivity index (χ1) is 13.1. The third-order valence-corrected chi connectivity index (χ3v) is 4.91. The van der Waals surface area contributed by atoms with E-state index in [1.807, 2.05) is 12.1 Å². The Morgan fingerprint density at radius 3 is 2.48 bits per heavy atom. The molecule has 0 radical (unpaired) electrons. The normalized spacial score (nSPS) is 11.1. The number of hydrogen-bond donors (Lipinski definition) is 0. The molecule has 138 valence electrons. The fraction of sp³-hybridized carbons (Fsp3) is 0.167. The molecule has 0 atom stereocenters. The van der Waals surface area contributed by atoms with Crippen LogP contribution in [0.3, 0.4) is 0 Å². The van der Waals surface area contributed by atoms with E-state index in [-0.39, 0.29) is 6.42 Å². The molecule has 0 fully saturated rings. The molecule has 2 heterocycles. The molecule has 0 amide bonds. The SMILES string of the molecule is COc1ccc(-c2nn3c(Cc4cc(F)cc(F)c4)nnc3s2)c(OC)c1. The lowest BCUT2D eigenvalue weighted by molar-refractivity contribution is 0.395. The van der Waals surface area contributed by atoms with E-state index in [2.05, 4.69) is 15.3 Å². The van der Waals surface area contributed by atoms with E-state index in [1.54, 1.807) is 24.8 Å². The zero-order valence-corrected chi connectivity index (χ0v) is 15.3. The minimum atomic E-state index is -0.632. The minimum Gasteiger partial charge on any atom is -0.497 e. The third-order valence-electron chi connectivity index (χ3n) is 3.98. The van der Waals surface area contributed by atoms with E-state index >= 15 is 0 Å². The number of benzene rings is 2. The van der Waals surface area contributed by atoms with Gasteiger partial charge in [0, 0.05) is 18.6 Å². The van der Waals surface area contributed by atoms with Crippen molar-refractivity contribution < 1.29 is 18.3 Å². The predicted molar refractivity (Wildman–Crippen MR) is 96.4 cm³/mol. The number of rotatable bonds is 5. The molecular formula is C18H14F2N4O2S. The number of nitrogens with zero attached hydrogens (tertiary/aromatic N) is 4. The highest BCUT2D eigenvalue weighted by molar-refractivity contribution is 7.19. The van der Waals surface area contributed by atoms with Gasteiger partial charge in [0.2, 0.25) is 4.96 Å². The van der Waals surface area contributed by atoms with Gasteiger partial charge in [-0.25, -0.2) is 8.78 Å². The Morgan fingerprint density at radius 1 is 1.00 bits per heavy atom. The van der Waals surface area contributed by atoms with E-state index in [0.29, 0.717) is 32.9 Å². The van der Waals surface area contributed by atoms with Gasteiger partial charge in [0.25, 0.3) is 0 Å². The van der Waals surface area contributed by atoms with Gasteiger partial charge in [0.1, 0.15) is 23.1 Å². The summed E-state index contributed by atoms with van der Waals surface area (Å²) < 4.78 is 39.1. The standard InChI is InChI=1S/C18H14F2N4O2S/c1-25-13-3-4-14(15(9-13)26-2)17-23-24-16(21-22-18(24)27-17)7-10-5-11(19)8-12(20)6-10/h3-6,8-9H,7H2,1-2H3. The van der Waals surface area contributed by atoms with Gasteiger partial charge in [-0.2, -0.15) is 9.61 Å². The van der Waals surface area contributed by atoms with Crippen LogP contribution in [-0.4, -0.2) is 34.0 Å². The summed E-state index contributed by atoms with van der Waals surface area (Å²) in [7, 11) is 3.15. The van der Waals surface area contributed by atoms with Crippen molar-refractivity contribution in [2.24, 2.45) is 0 Å². The van der Waals surface area contributed by atoms with Crippen molar-refractivity contribution in [2.75, 3.05) is 14.2 Å². The first-order valence-corrected chi connectivity index (χ1v) is 8.77. The molecule has 0 unspecified atom stereocenters. The minimum absolute atomic E-state index is 0.207. The summed E-state index contributed by atoms with van der Waals surface area (Å²) >= 11 is 1.34. The zero-order chi connectivity index (χ0) is 19.0. The van der Waals surface area contributed by atoms with Crippen molar-refractivity contribution in [3.05, 3.63) is 59.4 Å². The van der Waals surface area contributed by atoms with Gasteiger partial charge in [0.05, 0.1) is 19.8 Å². The van der Waals surface area contributed by atoms with Crippen LogP contribution in [0.15, 0.2) is 36.4 Å². The van der Waals surface area contributed by atoms with Gasteiger partial charge in [0.15, 0.2) is 10.8 Å². The monoisotopic (exact) mass is 388 g/mol. The smallest absolute Gasteiger partial charge is 0.234 e. The zero-order valence-electron chi connectivity index (χ0n) is 14.4. The maximum atomic E-state index is 13.4. The molecule has 4 rings (SSSR count). The van der Waals surface area contributed by atoms with E-state index in [9.17, 15) is 8.78 Å². The Morgan fingerprint density at radius 2 is 1.78 bits per heavy atom. The van der Waals surface area contributed by atoms with Gasteiger partial charge in [-0.1, -0.05) is 11.3 Å². The third kappa shape index (κ3) is 3.33. The lowest BCUT2D eigenvalue weighted by Gasteiger charge is -2.07. The van der Waals surface area contributed by atoms with Crippen molar-refractivity contribution in [3.8, 4) is 22.1 Å². The second-order valence-electron chi connectivity index (χ2n) is 5.74. The maximum absolute atomic E-state index is 13.4. The predicted octanol–water partition coefficient (Wildman–Crippen LogP) is 3.74. The van der Waals surface area contributed by atoms with E-state index in [4.69, 9.17) is 9.47 Å². The number of aromatic nitrogens is 4. The molecule has 2 aromatic carbocycles. The molecule has 2 aromatic heterocycles. The number of hydrogen-bond acceptors (Lipinski definition) is 6. The Hall–Kier alpha value is -3.07. The molecule has 4 aromatic rings. The molecule has 6 nitrogen and oxygen atoms in total. The quantitative estimate of drug-likeness (QED) is 0.521. The van der Waals surface area contributed by atoms with E-state index < -0.39 is 11.6 Å². The van der Waals surface area contributed by atoms with Crippen LogP contribution in [0.4, 0.5) is 8.78 Å². The van der Waals surface area contributed by atoms with Crippen LogP contribution >= 0.6 is 11.3 Å². The van der Waals surface area contributed by atoms with Crippen molar-refractivity contribution in [3.63, 3.8) is 0 Å². The van der Waals surface area contributed by atoms with Crippen LogP contribution in [-0.2, 0) is 6.42 Å². The topological polar surface area (TPSA) is 61.5 Å². The fourth-order valence-corrected chi connectivity index (χ4v) is 3.64. The molecule has 0 aliphatic heterocycles. The highest BCUT2D eigenvalue weighted by atomic mass is 32.1. The lowest BCUT2D eigenvalue weighted by Crippen LogP contribution is -1.99. The number of fused-ring (bicyclic) bond motifs is 1. The first kappa shape index (κ1) is 17.3. The Labute approximate surface area is 157 Å².